The predicted octanol–water partition coefficient (Wildman–Crippen LogP) is 2.41. The summed E-state index contributed by atoms with van der Waals surface area (Å²) in [5, 5.41) is 18.9. The number of aryl methyl sites for hydroxylation is 1. The van der Waals surface area contributed by atoms with E-state index in [1.54, 1.807) is 10.8 Å². The lowest BCUT2D eigenvalue weighted by atomic mass is 10.1. The van der Waals surface area contributed by atoms with E-state index in [1.165, 1.54) is 12.3 Å². The molecule has 23 heavy (non-hydrogen) atoms. The van der Waals surface area contributed by atoms with Gasteiger partial charge in [-0.05, 0) is 42.3 Å². The van der Waals surface area contributed by atoms with Gasteiger partial charge in [-0.2, -0.15) is 0 Å². The van der Waals surface area contributed by atoms with E-state index in [9.17, 15) is 15.0 Å². The number of benzene rings is 1. The molecule has 0 aliphatic heterocycles. The van der Waals surface area contributed by atoms with E-state index < -0.39 is 5.43 Å². The van der Waals surface area contributed by atoms with Crippen LogP contribution in [0.4, 0.5) is 0 Å². The van der Waals surface area contributed by atoms with Crippen molar-refractivity contribution in [2.24, 2.45) is 0 Å². The highest BCUT2D eigenvalue weighted by molar-refractivity contribution is 5.66. The van der Waals surface area contributed by atoms with Gasteiger partial charge in [0.1, 0.15) is 0 Å². The molecule has 1 aromatic carbocycles. The van der Waals surface area contributed by atoms with Crippen molar-refractivity contribution < 1.29 is 10.2 Å². The van der Waals surface area contributed by atoms with Crippen LogP contribution < -0.4 is 5.43 Å². The largest absolute Gasteiger partial charge is 0.503 e. The maximum absolute atomic E-state index is 11.5. The molecule has 116 valence electrons. The molecule has 0 aliphatic carbocycles. The SMILES string of the molecule is Cc1cc(=O)c(O)cn1-c1cccc(-c2ccnc(CO)c2)c1. The number of pyridine rings is 2. The molecular formula is C18H16N2O3. The second-order valence-electron chi connectivity index (χ2n) is 5.28. The molecule has 0 atom stereocenters. The Kier molecular flexibility index (Phi) is 3.95. The van der Waals surface area contributed by atoms with Gasteiger partial charge < -0.3 is 14.8 Å². The molecule has 0 radical (unpaired) electrons. The molecule has 0 spiro atoms. The number of aliphatic hydroxyl groups excluding tert-OH is 1. The first kappa shape index (κ1) is 15.0. The normalized spacial score (nSPS) is 10.7. The molecule has 0 saturated carbocycles. The molecule has 5 heteroatoms. The van der Waals surface area contributed by atoms with Crippen LogP contribution in [0.2, 0.25) is 0 Å². The first-order chi connectivity index (χ1) is 11.1. The van der Waals surface area contributed by atoms with Crippen LogP contribution in [-0.2, 0) is 6.61 Å². The molecular weight excluding hydrogens is 292 g/mol. The minimum Gasteiger partial charge on any atom is -0.503 e. The summed E-state index contributed by atoms with van der Waals surface area (Å²) in [4.78, 5) is 15.6. The summed E-state index contributed by atoms with van der Waals surface area (Å²) in [5.41, 5.74) is 3.67. The monoisotopic (exact) mass is 308 g/mol. The van der Waals surface area contributed by atoms with Gasteiger partial charge in [0.25, 0.3) is 0 Å². The van der Waals surface area contributed by atoms with Gasteiger partial charge in [-0.15, -0.1) is 0 Å². The van der Waals surface area contributed by atoms with Crippen LogP contribution in [0.25, 0.3) is 16.8 Å². The van der Waals surface area contributed by atoms with E-state index in [2.05, 4.69) is 4.98 Å². The Bertz CT molecular complexity index is 916. The minimum absolute atomic E-state index is 0.111. The molecule has 3 aromatic rings. The fourth-order valence-electron chi connectivity index (χ4n) is 2.48. The summed E-state index contributed by atoms with van der Waals surface area (Å²) in [6.45, 7) is 1.70. The fraction of sp³-hybridized carbons (Fsp3) is 0.111. The molecule has 2 heterocycles. The second kappa shape index (κ2) is 6.06. The summed E-state index contributed by atoms with van der Waals surface area (Å²) < 4.78 is 1.76. The van der Waals surface area contributed by atoms with Crippen molar-refractivity contribution in [3.05, 3.63) is 76.5 Å². The number of hydrogen-bond acceptors (Lipinski definition) is 4. The summed E-state index contributed by atoms with van der Waals surface area (Å²) in [6.07, 6.45) is 3.08. The Hall–Kier alpha value is -2.92. The standard InChI is InChI=1S/C18H16N2O3/c1-12-7-17(22)18(23)10-20(12)16-4-2-3-13(9-16)14-5-6-19-15(8-14)11-21/h2-10,21,23H,11H2,1H3. The average molecular weight is 308 g/mol. The van der Waals surface area contributed by atoms with E-state index in [0.29, 0.717) is 5.69 Å². The van der Waals surface area contributed by atoms with Crippen molar-refractivity contribution in [3.8, 4) is 22.6 Å². The zero-order valence-corrected chi connectivity index (χ0v) is 12.6. The third kappa shape index (κ3) is 3.00. The number of aromatic hydroxyl groups is 1. The maximum Gasteiger partial charge on any atom is 0.223 e. The van der Waals surface area contributed by atoms with Gasteiger partial charge >= 0.3 is 0 Å². The highest BCUT2D eigenvalue weighted by atomic mass is 16.3. The molecule has 2 N–H and O–H groups in total. The maximum atomic E-state index is 11.5. The Morgan fingerprint density at radius 1 is 1.13 bits per heavy atom. The predicted molar refractivity (Wildman–Crippen MR) is 87.6 cm³/mol. The summed E-state index contributed by atoms with van der Waals surface area (Å²) >= 11 is 0. The van der Waals surface area contributed by atoms with E-state index in [0.717, 1.165) is 22.5 Å². The van der Waals surface area contributed by atoms with Crippen LogP contribution in [-0.4, -0.2) is 19.8 Å². The molecule has 3 rings (SSSR count). The third-order valence-electron chi connectivity index (χ3n) is 3.66. The van der Waals surface area contributed by atoms with Gasteiger partial charge in [-0.3, -0.25) is 9.78 Å². The van der Waals surface area contributed by atoms with Crippen molar-refractivity contribution in [2.45, 2.75) is 13.5 Å². The smallest absolute Gasteiger partial charge is 0.223 e. The second-order valence-corrected chi connectivity index (χ2v) is 5.28. The zero-order valence-electron chi connectivity index (χ0n) is 12.6. The molecule has 0 saturated heterocycles. The summed E-state index contributed by atoms with van der Waals surface area (Å²) in [6, 6.07) is 12.8. The lowest BCUT2D eigenvalue weighted by Crippen LogP contribution is -2.08. The van der Waals surface area contributed by atoms with Gasteiger partial charge in [0, 0.05) is 23.6 Å². The number of hydrogen-bond donors (Lipinski definition) is 2. The molecule has 5 nitrogen and oxygen atoms in total. The van der Waals surface area contributed by atoms with Crippen molar-refractivity contribution in [1.29, 1.82) is 0 Å². The molecule has 0 fully saturated rings. The Morgan fingerprint density at radius 2 is 1.91 bits per heavy atom. The fourth-order valence-corrected chi connectivity index (χ4v) is 2.48. The highest BCUT2D eigenvalue weighted by Gasteiger charge is 2.06. The molecule has 0 unspecified atom stereocenters. The van der Waals surface area contributed by atoms with Crippen LogP contribution in [0.15, 0.2) is 59.7 Å². The van der Waals surface area contributed by atoms with Crippen molar-refractivity contribution in [1.82, 2.24) is 9.55 Å². The molecule has 0 aliphatic rings. The van der Waals surface area contributed by atoms with E-state index in [-0.39, 0.29) is 12.4 Å². The van der Waals surface area contributed by atoms with Crippen LogP contribution in [0.1, 0.15) is 11.4 Å². The highest BCUT2D eigenvalue weighted by Crippen LogP contribution is 2.23. The van der Waals surface area contributed by atoms with Crippen LogP contribution in [0.5, 0.6) is 5.75 Å². The van der Waals surface area contributed by atoms with Gasteiger partial charge in [-0.1, -0.05) is 12.1 Å². The summed E-state index contributed by atoms with van der Waals surface area (Å²) in [5.74, 6) is -0.285. The van der Waals surface area contributed by atoms with E-state index in [1.807, 2.05) is 43.3 Å². The lowest BCUT2D eigenvalue weighted by Gasteiger charge is -2.12. The number of aliphatic hydroxyl groups is 1. The third-order valence-corrected chi connectivity index (χ3v) is 3.66. The number of rotatable bonds is 3. The molecule has 0 bridgehead atoms. The Labute approximate surface area is 133 Å². The van der Waals surface area contributed by atoms with Crippen molar-refractivity contribution in [3.63, 3.8) is 0 Å². The van der Waals surface area contributed by atoms with Crippen molar-refractivity contribution >= 4 is 0 Å². The van der Waals surface area contributed by atoms with E-state index in [4.69, 9.17) is 0 Å². The quantitative estimate of drug-likeness (QED) is 0.779. The van der Waals surface area contributed by atoms with Crippen LogP contribution in [0.3, 0.4) is 0 Å². The van der Waals surface area contributed by atoms with Gasteiger partial charge in [0.05, 0.1) is 18.5 Å². The topological polar surface area (TPSA) is 75.3 Å². The van der Waals surface area contributed by atoms with Crippen molar-refractivity contribution in [2.75, 3.05) is 0 Å². The van der Waals surface area contributed by atoms with Crippen LogP contribution >= 0.6 is 0 Å². The molecule has 2 aromatic heterocycles. The number of nitrogens with zero attached hydrogens (tertiary/aromatic N) is 2. The first-order valence-corrected chi connectivity index (χ1v) is 7.17. The summed E-state index contributed by atoms with van der Waals surface area (Å²) in [7, 11) is 0. The van der Waals surface area contributed by atoms with Gasteiger partial charge in [0.15, 0.2) is 5.75 Å². The van der Waals surface area contributed by atoms with Gasteiger partial charge in [-0.25, -0.2) is 0 Å². The van der Waals surface area contributed by atoms with Crippen LogP contribution in [0, 0.1) is 6.92 Å². The average Bonchev–Trinajstić information content (AvgIpc) is 2.58. The Morgan fingerprint density at radius 3 is 2.70 bits per heavy atom. The van der Waals surface area contributed by atoms with E-state index >= 15 is 0 Å². The zero-order chi connectivity index (χ0) is 16.4. The number of aromatic nitrogens is 2. The first-order valence-electron chi connectivity index (χ1n) is 7.17. The molecule has 0 amide bonds. The lowest BCUT2D eigenvalue weighted by molar-refractivity contribution is 0.277. The van der Waals surface area contributed by atoms with Gasteiger partial charge in [0.2, 0.25) is 5.43 Å². The minimum atomic E-state index is -0.392. The Balaban J connectivity index is 2.10.